The van der Waals surface area contributed by atoms with Crippen molar-refractivity contribution in [2.75, 3.05) is 25.0 Å². The van der Waals surface area contributed by atoms with Gasteiger partial charge in [0, 0.05) is 17.5 Å². The van der Waals surface area contributed by atoms with E-state index in [0.717, 1.165) is 22.5 Å². The van der Waals surface area contributed by atoms with Crippen molar-refractivity contribution in [1.29, 1.82) is 0 Å². The number of aromatic nitrogens is 2. The zero-order valence-electron chi connectivity index (χ0n) is 21.5. The Labute approximate surface area is 201 Å². The molecule has 0 bridgehead atoms. The number of carbonyl (C=O) groups excluding carboxylic acids is 3. The number of hydrogen-bond acceptors (Lipinski definition) is 5. The summed E-state index contributed by atoms with van der Waals surface area (Å²) >= 11 is 0. The van der Waals surface area contributed by atoms with Crippen LogP contribution in [0.15, 0.2) is 24.3 Å². The van der Waals surface area contributed by atoms with Gasteiger partial charge in [-0.05, 0) is 51.8 Å². The summed E-state index contributed by atoms with van der Waals surface area (Å²) in [5, 5.41) is 10.2. The van der Waals surface area contributed by atoms with Crippen LogP contribution < -0.4 is 10.6 Å². The Hall–Kier alpha value is -3.36. The third kappa shape index (κ3) is 6.82. The summed E-state index contributed by atoms with van der Waals surface area (Å²) in [6, 6.07) is 7.02. The van der Waals surface area contributed by atoms with E-state index in [1.165, 1.54) is 4.90 Å². The molecule has 9 heteroatoms. The highest BCUT2D eigenvalue weighted by Gasteiger charge is 2.25. The summed E-state index contributed by atoms with van der Waals surface area (Å²) in [6.45, 7) is 15.3. The number of ether oxygens (including phenoxy) is 1. The molecule has 0 saturated carbocycles. The Morgan fingerprint density at radius 1 is 1.18 bits per heavy atom. The Kier molecular flexibility index (Phi) is 8.84. The molecule has 2 N–H and O–H groups in total. The van der Waals surface area contributed by atoms with Crippen LogP contribution in [0.3, 0.4) is 0 Å². The van der Waals surface area contributed by atoms with Crippen molar-refractivity contribution in [2.24, 2.45) is 0 Å². The lowest BCUT2D eigenvalue weighted by Crippen LogP contribution is -2.48. The highest BCUT2D eigenvalue weighted by Crippen LogP contribution is 2.28. The first-order chi connectivity index (χ1) is 15.8. The minimum absolute atomic E-state index is 0.185. The summed E-state index contributed by atoms with van der Waals surface area (Å²) in [4.78, 5) is 38.5. The second-order valence-corrected chi connectivity index (χ2v) is 9.53. The van der Waals surface area contributed by atoms with Crippen LogP contribution in [0.1, 0.15) is 58.4 Å². The van der Waals surface area contributed by atoms with Crippen LogP contribution in [-0.4, -0.2) is 58.3 Å². The summed E-state index contributed by atoms with van der Waals surface area (Å²) < 4.78 is 6.57. The molecule has 0 fully saturated rings. The number of anilines is 1. The number of nitrogens with one attached hydrogen (secondary N) is 2. The first-order valence-corrected chi connectivity index (χ1v) is 11.5. The fraction of sp³-hybridized carbons (Fsp3) is 0.520. The fourth-order valence-electron chi connectivity index (χ4n) is 3.27. The third-order valence-corrected chi connectivity index (χ3v) is 5.44. The smallest absolute Gasteiger partial charge is 0.325 e. The van der Waals surface area contributed by atoms with Gasteiger partial charge < -0.3 is 20.3 Å². The van der Waals surface area contributed by atoms with Crippen molar-refractivity contribution in [3.63, 3.8) is 0 Å². The molecule has 1 aromatic heterocycles. The zero-order valence-corrected chi connectivity index (χ0v) is 21.5. The average Bonchev–Trinajstić information content (AvgIpc) is 3.16. The normalized spacial score (nSPS) is 11.3. The van der Waals surface area contributed by atoms with Gasteiger partial charge in [-0.25, -0.2) is 9.48 Å². The largest absolute Gasteiger partial charge is 0.465 e. The maximum Gasteiger partial charge on any atom is 0.325 e. The number of amides is 3. The van der Waals surface area contributed by atoms with E-state index in [-0.39, 0.29) is 37.1 Å². The van der Waals surface area contributed by atoms with Crippen molar-refractivity contribution in [2.45, 2.75) is 66.8 Å². The second kappa shape index (κ2) is 11.2. The molecule has 34 heavy (non-hydrogen) atoms. The average molecular weight is 472 g/mol. The van der Waals surface area contributed by atoms with Gasteiger partial charge in [0.15, 0.2) is 0 Å². The number of nitrogens with zero attached hydrogens (tertiary/aromatic N) is 3. The van der Waals surface area contributed by atoms with Crippen LogP contribution in [0.4, 0.5) is 10.6 Å². The van der Waals surface area contributed by atoms with Gasteiger partial charge in [-0.1, -0.05) is 32.9 Å². The molecule has 1 heterocycles. The van der Waals surface area contributed by atoms with Crippen molar-refractivity contribution < 1.29 is 19.1 Å². The SMILES string of the molecule is CCOC(=O)CNC(=O)N(CC(=O)Nc1cc(C(C)(C)C)nn1-c1cccc(C)c1C)C(C)C. The molecule has 2 aromatic rings. The topological polar surface area (TPSA) is 106 Å². The lowest BCUT2D eigenvalue weighted by molar-refractivity contribution is -0.141. The number of carbonyl (C=O) groups is 3. The first-order valence-electron chi connectivity index (χ1n) is 11.5. The predicted molar refractivity (Wildman–Crippen MR) is 132 cm³/mol. The lowest BCUT2D eigenvalue weighted by atomic mass is 9.92. The van der Waals surface area contributed by atoms with E-state index in [1.54, 1.807) is 25.5 Å². The van der Waals surface area contributed by atoms with Crippen LogP contribution in [0, 0.1) is 13.8 Å². The molecule has 186 valence electrons. The van der Waals surface area contributed by atoms with E-state index in [1.807, 2.05) is 38.1 Å². The zero-order chi connectivity index (χ0) is 25.6. The maximum atomic E-state index is 13.0. The Balaban J connectivity index is 2.26. The highest BCUT2D eigenvalue weighted by atomic mass is 16.5. The molecule has 0 saturated heterocycles. The molecule has 9 nitrogen and oxygen atoms in total. The van der Waals surface area contributed by atoms with Crippen LogP contribution in [0.5, 0.6) is 0 Å². The van der Waals surface area contributed by atoms with Crippen LogP contribution in [0.25, 0.3) is 5.69 Å². The molecule has 3 amide bonds. The molecule has 1 aromatic carbocycles. The molecule has 0 aliphatic rings. The Morgan fingerprint density at radius 3 is 2.44 bits per heavy atom. The minimum Gasteiger partial charge on any atom is -0.465 e. The first kappa shape index (κ1) is 26.9. The second-order valence-electron chi connectivity index (χ2n) is 9.53. The summed E-state index contributed by atoms with van der Waals surface area (Å²) in [7, 11) is 0. The van der Waals surface area contributed by atoms with Crippen molar-refractivity contribution >= 4 is 23.7 Å². The molecular formula is C25H37N5O4. The number of aryl methyl sites for hydroxylation is 1. The van der Waals surface area contributed by atoms with Crippen molar-refractivity contribution in [3.05, 3.63) is 41.1 Å². The number of urea groups is 1. The van der Waals surface area contributed by atoms with Crippen LogP contribution in [-0.2, 0) is 19.7 Å². The van der Waals surface area contributed by atoms with Crippen LogP contribution in [0.2, 0.25) is 0 Å². The van der Waals surface area contributed by atoms with Gasteiger partial charge in [0.2, 0.25) is 5.91 Å². The van der Waals surface area contributed by atoms with Gasteiger partial charge in [0.25, 0.3) is 0 Å². The monoisotopic (exact) mass is 471 g/mol. The molecule has 0 unspecified atom stereocenters. The van der Waals surface area contributed by atoms with Gasteiger partial charge in [-0.3, -0.25) is 9.59 Å². The van der Waals surface area contributed by atoms with Gasteiger partial charge in [-0.15, -0.1) is 0 Å². The van der Waals surface area contributed by atoms with E-state index in [2.05, 4.69) is 31.4 Å². The quantitative estimate of drug-likeness (QED) is 0.571. The Bertz CT molecular complexity index is 1040. The molecule has 0 radical (unpaired) electrons. The molecule has 2 rings (SSSR count). The van der Waals surface area contributed by atoms with E-state index in [0.29, 0.717) is 5.82 Å². The van der Waals surface area contributed by atoms with Crippen molar-refractivity contribution in [1.82, 2.24) is 20.0 Å². The van der Waals surface area contributed by atoms with Crippen molar-refractivity contribution in [3.8, 4) is 5.69 Å². The summed E-state index contributed by atoms with van der Waals surface area (Å²) in [5.74, 6) is -0.373. The fourth-order valence-corrected chi connectivity index (χ4v) is 3.27. The van der Waals surface area contributed by atoms with Gasteiger partial charge in [-0.2, -0.15) is 5.10 Å². The molecular weight excluding hydrogens is 434 g/mol. The van der Waals surface area contributed by atoms with E-state index < -0.39 is 12.0 Å². The molecule has 0 spiro atoms. The summed E-state index contributed by atoms with van der Waals surface area (Å²) in [5.41, 5.74) is 3.66. The molecule has 0 atom stereocenters. The van der Waals surface area contributed by atoms with Crippen LogP contribution >= 0.6 is 0 Å². The predicted octanol–water partition coefficient (Wildman–Crippen LogP) is 3.71. The standard InChI is InChI=1S/C25H37N5O4/c1-9-34-23(32)14-26-24(33)29(16(2)3)15-22(31)27-21-13-20(25(6,7)8)28-30(21)19-12-10-11-17(4)18(19)5/h10-13,16H,9,14-15H2,1-8H3,(H,26,33)(H,27,31). The molecule has 0 aliphatic heterocycles. The van der Waals surface area contributed by atoms with Gasteiger partial charge in [0.1, 0.15) is 18.9 Å². The maximum absolute atomic E-state index is 13.0. The number of esters is 1. The minimum atomic E-state index is -0.531. The number of rotatable bonds is 8. The molecule has 0 aliphatic carbocycles. The number of hydrogen-bond donors (Lipinski definition) is 2. The van der Waals surface area contributed by atoms with E-state index in [9.17, 15) is 14.4 Å². The van der Waals surface area contributed by atoms with E-state index >= 15 is 0 Å². The third-order valence-electron chi connectivity index (χ3n) is 5.44. The van der Waals surface area contributed by atoms with E-state index in [4.69, 9.17) is 9.84 Å². The van der Waals surface area contributed by atoms with Gasteiger partial charge in [0.05, 0.1) is 18.0 Å². The number of benzene rings is 1. The summed E-state index contributed by atoms with van der Waals surface area (Å²) in [6.07, 6.45) is 0. The highest BCUT2D eigenvalue weighted by molar-refractivity contribution is 5.94. The Morgan fingerprint density at radius 2 is 1.85 bits per heavy atom. The lowest BCUT2D eigenvalue weighted by Gasteiger charge is -2.26. The van der Waals surface area contributed by atoms with Gasteiger partial charge >= 0.3 is 12.0 Å².